The van der Waals surface area contributed by atoms with Crippen molar-refractivity contribution < 1.29 is 9.53 Å². The molecule has 0 rings (SSSR count). The van der Waals surface area contributed by atoms with E-state index in [-0.39, 0.29) is 11.5 Å². The number of hydrogen-bond donors (Lipinski definition) is 0. The Hall–Kier alpha value is -0.570. The fourth-order valence-electron chi connectivity index (χ4n) is 1.21. The number of hydrogen-bond acceptors (Lipinski definition) is 2. The van der Waals surface area contributed by atoms with Gasteiger partial charge in [0.15, 0.2) is 0 Å². The highest BCUT2D eigenvalue weighted by Gasteiger charge is 2.27. The maximum Gasteiger partial charge on any atom is 0.209 e. The van der Waals surface area contributed by atoms with Crippen LogP contribution in [0, 0.1) is 5.41 Å². The van der Waals surface area contributed by atoms with Crippen molar-refractivity contribution in [1.29, 1.82) is 0 Å². The van der Waals surface area contributed by atoms with Gasteiger partial charge in [-0.3, -0.25) is 4.79 Å². The average molecular weight is 173 g/mol. The number of ether oxygens (including phenoxy) is 1. The van der Waals surface area contributed by atoms with E-state index in [4.69, 9.17) is 4.74 Å². The molecule has 0 heterocycles. The summed E-state index contributed by atoms with van der Waals surface area (Å²) in [6.07, 6.45) is 0.842. The van der Waals surface area contributed by atoms with Crippen LogP contribution in [0.4, 0.5) is 0 Å². The fraction of sp³-hybridized carbons (Fsp3) is 0.889. The first-order valence-corrected chi connectivity index (χ1v) is 4.09. The van der Waals surface area contributed by atoms with E-state index in [9.17, 15) is 4.79 Å². The summed E-state index contributed by atoms with van der Waals surface area (Å²) in [6.45, 7) is 6.86. The zero-order chi connectivity index (χ0) is 9.78. The third-order valence-electron chi connectivity index (χ3n) is 1.98. The number of likely N-dealkylation sites (N-methyl/N-ethyl adjacent to an activating group) is 1. The molecule has 0 spiro atoms. The lowest BCUT2D eigenvalue weighted by molar-refractivity contribution is -0.122. The zero-order valence-electron chi connectivity index (χ0n) is 8.63. The van der Waals surface area contributed by atoms with Crippen LogP contribution >= 0.6 is 0 Å². The van der Waals surface area contributed by atoms with Crippen LogP contribution in [0.3, 0.4) is 0 Å². The average Bonchev–Trinajstić information content (AvgIpc) is 1.96. The topological polar surface area (TPSA) is 29.5 Å². The lowest BCUT2D eigenvalue weighted by Crippen LogP contribution is -2.44. The minimum absolute atomic E-state index is 0.0612. The molecule has 0 radical (unpaired) electrons. The van der Waals surface area contributed by atoms with Crippen LogP contribution in [0.25, 0.3) is 0 Å². The van der Waals surface area contributed by atoms with Crippen molar-refractivity contribution >= 4 is 6.41 Å². The highest BCUT2D eigenvalue weighted by atomic mass is 16.5. The summed E-state index contributed by atoms with van der Waals surface area (Å²) < 4.78 is 5.05. The van der Waals surface area contributed by atoms with Gasteiger partial charge in [0.2, 0.25) is 6.41 Å². The van der Waals surface area contributed by atoms with Crippen molar-refractivity contribution in [3.05, 3.63) is 0 Å². The highest BCUT2D eigenvalue weighted by Crippen LogP contribution is 2.22. The number of carbonyl (C=O) groups is 1. The molecule has 1 unspecified atom stereocenters. The van der Waals surface area contributed by atoms with E-state index in [1.54, 1.807) is 19.1 Å². The molecular weight excluding hydrogens is 154 g/mol. The SMILES string of the molecule is COCC(N(C)C=O)C(C)(C)C. The van der Waals surface area contributed by atoms with Crippen LogP contribution in [0.5, 0.6) is 0 Å². The van der Waals surface area contributed by atoms with Gasteiger partial charge in [0.25, 0.3) is 0 Å². The maximum absolute atomic E-state index is 10.5. The van der Waals surface area contributed by atoms with Crippen LogP contribution in [0.2, 0.25) is 0 Å². The number of amides is 1. The van der Waals surface area contributed by atoms with Crippen molar-refractivity contribution in [3.8, 4) is 0 Å². The maximum atomic E-state index is 10.5. The second-order valence-electron chi connectivity index (χ2n) is 4.11. The molecule has 0 N–H and O–H groups in total. The smallest absolute Gasteiger partial charge is 0.209 e. The van der Waals surface area contributed by atoms with Gasteiger partial charge >= 0.3 is 0 Å². The van der Waals surface area contributed by atoms with E-state index >= 15 is 0 Å². The molecule has 0 saturated heterocycles. The quantitative estimate of drug-likeness (QED) is 0.596. The summed E-state index contributed by atoms with van der Waals surface area (Å²) in [6, 6.07) is 0.139. The molecule has 72 valence electrons. The van der Waals surface area contributed by atoms with Crippen LogP contribution in [-0.2, 0) is 9.53 Å². The van der Waals surface area contributed by atoms with Gasteiger partial charge in [0.1, 0.15) is 0 Å². The van der Waals surface area contributed by atoms with Crippen LogP contribution in [0.1, 0.15) is 20.8 Å². The van der Waals surface area contributed by atoms with Crippen molar-refractivity contribution in [2.75, 3.05) is 20.8 Å². The molecule has 0 aromatic carbocycles. The molecule has 0 aromatic rings. The Morgan fingerprint density at radius 1 is 1.50 bits per heavy atom. The van der Waals surface area contributed by atoms with Crippen LogP contribution < -0.4 is 0 Å². The van der Waals surface area contributed by atoms with Crippen molar-refractivity contribution in [2.45, 2.75) is 26.8 Å². The Bertz CT molecular complexity index is 140. The normalized spacial score (nSPS) is 14.1. The molecule has 1 atom stereocenters. The van der Waals surface area contributed by atoms with E-state index in [0.29, 0.717) is 6.61 Å². The van der Waals surface area contributed by atoms with Crippen LogP contribution in [-0.4, -0.2) is 38.1 Å². The Morgan fingerprint density at radius 2 is 2.00 bits per heavy atom. The Balaban J connectivity index is 4.32. The minimum atomic E-state index is 0.0612. The van der Waals surface area contributed by atoms with Gasteiger partial charge in [-0.15, -0.1) is 0 Å². The zero-order valence-corrected chi connectivity index (χ0v) is 8.63. The summed E-state index contributed by atoms with van der Waals surface area (Å²) in [7, 11) is 3.43. The summed E-state index contributed by atoms with van der Waals surface area (Å²) in [5.41, 5.74) is 0.0612. The molecule has 1 amide bonds. The number of carbonyl (C=O) groups excluding carboxylic acids is 1. The molecule has 0 aliphatic carbocycles. The van der Waals surface area contributed by atoms with E-state index < -0.39 is 0 Å². The summed E-state index contributed by atoms with van der Waals surface area (Å²) in [5, 5.41) is 0. The molecule has 0 fully saturated rings. The predicted octanol–water partition coefficient (Wildman–Crippen LogP) is 1.14. The van der Waals surface area contributed by atoms with Gasteiger partial charge in [-0.25, -0.2) is 0 Å². The molecule has 0 aliphatic rings. The van der Waals surface area contributed by atoms with Gasteiger partial charge in [0.05, 0.1) is 12.6 Å². The van der Waals surface area contributed by atoms with E-state index in [0.717, 1.165) is 6.41 Å². The molecule has 0 saturated carbocycles. The second-order valence-corrected chi connectivity index (χ2v) is 4.11. The molecule has 12 heavy (non-hydrogen) atoms. The first kappa shape index (κ1) is 11.4. The van der Waals surface area contributed by atoms with Crippen molar-refractivity contribution in [2.24, 2.45) is 5.41 Å². The van der Waals surface area contributed by atoms with E-state index in [2.05, 4.69) is 20.8 Å². The number of nitrogens with zero attached hydrogens (tertiary/aromatic N) is 1. The Labute approximate surface area is 74.7 Å². The molecule has 3 heteroatoms. The number of methoxy groups -OCH3 is 1. The third kappa shape index (κ3) is 3.22. The van der Waals surface area contributed by atoms with Crippen molar-refractivity contribution in [3.63, 3.8) is 0 Å². The first-order valence-electron chi connectivity index (χ1n) is 4.09. The van der Waals surface area contributed by atoms with E-state index in [1.165, 1.54) is 0 Å². The molecular formula is C9H19NO2. The van der Waals surface area contributed by atoms with Gasteiger partial charge in [-0.05, 0) is 5.41 Å². The van der Waals surface area contributed by atoms with Gasteiger partial charge < -0.3 is 9.64 Å². The lowest BCUT2D eigenvalue weighted by Gasteiger charge is -2.35. The number of rotatable bonds is 4. The Morgan fingerprint density at radius 3 is 2.25 bits per heavy atom. The van der Waals surface area contributed by atoms with E-state index in [1.807, 2.05) is 0 Å². The standard InChI is InChI=1S/C9H19NO2/c1-9(2,3)8(6-12-5)10(4)7-11/h7-8H,6H2,1-5H3. The van der Waals surface area contributed by atoms with Crippen LogP contribution in [0.15, 0.2) is 0 Å². The summed E-state index contributed by atoms with van der Waals surface area (Å²) in [4.78, 5) is 12.2. The van der Waals surface area contributed by atoms with Gasteiger partial charge in [-0.2, -0.15) is 0 Å². The minimum Gasteiger partial charge on any atom is -0.383 e. The lowest BCUT2D eigenvalue weighted by atomic mass is 9.86. The second kappa shape index (κ2) is 4.45. The summed E-state index contributed by atoms with van der Waals surface area (Å²) in [5.74, 6) is 0. The molecule has 0 aromatic heterocycles. The fourth-order valence-corrected chi connectivity index (χ4v) is 1.21. The highest BCUT2D eigenvalue weighted by molar-refractivity contribution is 5.47. The van der Waals surface area contributed by atoms with Gasteiger partial charge in [-0.1, -0.05) is 20.8 Å². The monoisotopic (exact) mass is 173 g/mol. The third-order valence-corrected chi connectivity index (χ3v) is 1.98. The summed E-state index contributed by atoms with van der Waals surface area (Å²) >= 11 is 0. The largest absolute Gasteiger partial charge is 0.383 e. The first-order chi connectivity index (χ1) is 5.43. The Kier molecular flexibility index (Phi) is 4.24. The van der Waals surface area contributed by atoms with Gasteiger partial charge in [0, 0.05) is 14.2 Å². The molecule has 0 aliphatic heterocycles. The predicted molar refractivity (Wildman–Crippen MR) is 48.9 cm³/mol. The molecule has 3 nitrogen and oxygen atoms in total. The molecule has 0 bridgehead atoms. The van der Waals surface area contributed by atoms with Crippen molar-refractivity contribution in [1.82, 2.24) is 4.90 Å².